The van der Waals surface area contributed by atoms with E-state index >= 15 is 0 Å². The summed E-state index contributed by atoms with van der Waals surface area (Å²) in [4.78, 5) is 14.8. The van der Waals surface area contributed by atoms with E-state index < -0.39 is 0 Å². The highest BCUT2D eigenvalue weighted by molar-refractivity contribution is 5.82. The number of piperidine rings is 1. The minimum Gasteiger partial charge on any atom is -0.396 e. The van der Waals surface area contributed by atoms with Gasteiger partial charge in [0.1, 0.15) is 0 Å². The van der Waals surface area contributed by atoms with Crippen molar-refractivity contribution in [3.05, 3.63) is 11.6 Å². The number of aliphatic hydroxyl groups excluding tert-OH is 1. The Hall–Kier alpha value is -0.910. The second-order valence-corrected chi connectivity index (χ2v) is 7.22. The van der Waals surface area contributed by atoms with Crippen LogP contribution < -0.4 is 5.32 Å². The van der Waals surface area contributed by atoms with Crippen molar-refractivity contribution in [1.82, 2.24) is 10.2 Å². The van der Waals surface area contributed by atoms with Crippen LogP contribution in [0.3, 0.4) is 0 Å². The van der Waals surface area contributed by atoms with Crippen molar-refractivity contribution in [2.45, 2.75) is 45.6 Å². The highest BCUT2D eigenvalue weighted by atomic mass is 16.5. The lowest BCUT2D eigenvalue weighted by Crippen LogP contribution is -2.50. The topological polar surface area (TPSA) is 61.8 Å². The monoisotopic (exact) mass is 324 g/mol. The van der Waals surface area contributed by atoms with Crippen LogP contribution in [0.1, 0.15) is 39.5 Å². The highest BCUT2D eigenvalue weighted by Crippen LogP contribution is 2.18. The fourth-order valence-corrected chi connectivity index (χ4v) is 3.29. The molecule has 2 N–H and O–H groups in total. The molecule has 2 heterocycles. The number of likely N-dealkylation sites (tertiary alicyclic amines) is 1. The number of carbonyl (C=O) groups excluding carboxylic acids is 1. The van der Waals surface area contributed by atoms with Crippen LogP contribution in [-0.4, -0.2) is 61.4 Å². The Morgan fingerprint density at radius 1 is 1.43 bits per heavy atom. The SMILES string of the molecule is CC(C)CC(NCC1=CCCOC1)C(=O)N1CCC(CO)CC1. The molecule has 1 atom stereocenters. The number of hydrogen-bond donors (Lipinski definition) is 2. The largest absolute Gasteiger partial charge is 0.396 e. The Labute approximate surface area is 140 Å². The molecule has 2 rings (SSSR count). The molecule has 0 saturated carbocycles. The van der Waals surface area contributed by atoms with E-state index in [4.69, 9.17) is 4.74 Å². The molecule has 0 aromatic rings. The summed E-state index contributed by atoms with van der Waals surface area (Å²) in [7, 11) is 0. The third-order valence-electron chi connectivity index (χ3n) is 4.75. The first kappa shape index (κ1) is 18.4. The van der Waals surface area contributed by atoms with E-state index in [-0.39, 0.29) is 18.6 Å². The Kier molecular flexibility index (Phi) is 7.53. The molecule has 0 bridgehead atoms. The third-order valence-corrected chi connectivity index (χ3v) is 4.75. The lowest BCUT2D eigenvalue weighted by molar-refractivity contribution is -0.135. The molecule has 0 aliphatic carbocycles. The molecular weight excluding hydrogens is 292 g/mol. The van der Waals surface area contributed by atoms with Crippen LogP contribution >= 0.6 is 0 Å². The van der Waals surface area contributed by atoms with Gasteiger partial charge in [0.25, 0.3) is 0 Å². The number of ether oxygens (including phenoxy) is 1. The van der Waals surface area contributed by atoms with Gasteiger partial charge in [-0.15, -0.1) is 0 Å². The number of hydrogen-bond acceptors (Lipinski definition) is 4. The lowest BCUT2D eigenvalue weighted by Gasteiger charge is -2.34. The summed E-state index contributed by atoms with van der Waals surface area (Å²) in [5, 5.41) is 12.7. The van der Waals surface area contributed by atoms with Gasteiger partial charge in [0.15, 0.2) is 0 Å². The van der Waals surface area contributed by atoms with Crippen LogP contribution in [0.2, 0.25) is 0 Å². The highest BCUT2D eigenvalue weighted by Gasteiger charge is 2.28. The van der Waals surface area contributed by atoms with Crippen molar-refractivity contribution in [3.63, 3.8) is 0 Å². The van der Waals surface area contributed by atoms with Gasteiger partial charge in [0.2, 0.25) is 5.91 Å². The van der Waals surface area contributed by atoms with Crippen LogP contribution in [0.15, 0.2) is 11.6 Å². The van der Waals surface area contributed by atoms with Crippen molar-refractivity contribution in [2.75, 3.05) is 39.5 Å². The van der Waals surface area contributed by atoms with Crippen LogP contribution in [0.5, 0.6) is 0 Å². The number of nitrogens with zero attached hydrogens (tertiary/aromatic N) is 1. The molecule has 0 spiro atoms. The van der Waals surface area contributed by atoms with Crippen molar-refractivity contribution < 1.29 is 14.6 Å². The van der Waals surface area contributed by atoms with Crippen LogP contribution in [0, 0.1) is 11.8 Å². The summed E-state index contributed by atoms with van der Waals surface area (Å²) >= 11 is 0. The lowest BCUT2D eigenvalue weighted by atomic mass is 9.96. The first-order valence-electron chi connectivity index (χ1n) is 8.98. The Bertz CT molecular complexity index is 401. The van der Waals surface area contributed by atoms with Gasteiger partial charge in [-0.3, -0.25) is 4.79 Å². The molecule has 0 radical (unpaired) electrons. The maximum absolute atomic E-state index is 12.9. The van der Waals surface area contributed by atoms with Gasteiger partial charge < -0.3 is 20.1 Å². The quantitative estimate of drug-likeness (QED) is 0.698. The first-order valence-corrected chi connectivity index (χ1v) is 8.98. The zero-order valence-electron chi connectivity index (χ0n) is 14.6. The van der Waals surface area contributed by atoms with E-state index in [0.717, 1.165) is 51.9 Å². The molecule has 5 nitrogen and oxygen atoms in total. The van der Waals surface area contributed by atoms with E-state index in [1.165, 1.54) is 5.57 Å². The molecule has 2 aliphatic rings. The number of aliphatic hydroxyl groups is 1. The number of nitrogens with one attached hydrogen (secondary N) is 1. The first-order chi connectivity index (χ1) is 11.1. The van der Waals surface area contributed by atoms with Crippen LogP contribution in [-0.2, 0) is 9.53 Å². The number of rotatable bonds is 7. The summed E-state index contributed by atoms with van der Waals surface area (Å²) < 4.78 is 5.47. The predicted molar refractivity (Wildman–Crippen MR) is 91.2 cm³/mol. The normalized spacial score (nSPS) is 21.4. The minimum absolute atomic E-state index is 0.122. The van der Waals surface area contributed by atoms with E-state index in [0.29, 0.717) is 18.4 Å². The number of carbonyl (C=O) groups is 1. The maximum Gasteiger partial charge on any atom is 0.239 e. The van der Waals surface area contributed by atoms with Gasteiger partial charge in [-0.1, -0.05) is 19.9 Å². The second kappa shape index (κ2) is 9.40. The van der Waals surface area contributed by atoms with Gasteiger partial charge >= 0.3 is 0 Å². The van der Waals surface area contributed by atoms with Gasteiger partial charge in [-0.2, -0.15) is 0 Å². The zero-order valence-corrected chi connectivity index (χ0v) is 14.6. The molecule has 132 valence electrons. The Balaban J connectivity index is 1.88. The molecule has 0 aromatic heterocycles. The zero-order chi connectivity index (χ0) is 16.7. The summed E-state index contributed by atoms with van der Waals surface area (Å²) in [6.07, 6.45) is 5.87. The Morgan fingerprint density at radius 2 is 2.17 bits per heavy atom. The second-order valence-electron chi connectivity index (χ2n) is 7.22. The Morgan fingerprint density at radius 3 is 2.74 bits per heavy atom. The van der Waals surface area contributed by atoms with Gasteiger partial charge in [-0.25, -0.2) is 0 Å². The van der Waals surface area contributed by atoms with Crippen LogP contribution in [0.25, 0.3) is 0 Å². The minimum atomic E-state index is -0.122. The van der Waals surface area contributed by atoms with Crippen molar-refractivity contribution in [2.24, 2.45) is 11.8 Å². The van der Waals surface area contributed by atoms with Crippen LogP contribution in [0.4, 0.5) is 0 Å². The predicted octanol–water partition coefficient (Wildman–Crippen LogP) is 1.57. The summed E-state index contributed by atoms with van der Waals surface area (Å²) in [6, 6.07) is -0.122. The maximum atomic E-state index is 12.9. The third kappa shape index (κ3) is 5.90. The van der Waals surface area contributed by atoms with E-state index in [2.05, 4.69) is 25.2 Å². The molecular formula is C18H32N2O3. The van der Waals surface area contributed by atoms with E-state index in [1.54, 1.807) is 0 Å². The number of amides is 1. The average molecular weight is 324 g/mol. The molecule has 2 aliphatic heterocycles. The van der Waals surface area contributed by atoms with Gasteiger partial charge in [0.05, 0.1) is 19.3 Å². The van der Waals surface area contributed by atoms with Crippen molar-refractivity contribution >= 4 is 5.91 Å². The molecule has 1 saturated heterocycles. The van der Waals surface area contributed by atoms with E-state index in [1.807, 2.05) is 4.90 Å². The van der Waals surface area contributed by atoms with Crippen molar-refractivity contribution in [3.8, 4) is 0 Å². The van der Waals surface area contributed by atoms with Gasteiger partial charge in [-0.05, 0) is 43.1 Å². The van der Waals surface area contributed by atoms with E-state index in [9.17, 15) is 9.90 Å². The summed E-state index contributed by atoms with van der Waals surface area (Å²) in [5.41, 5.74) is 1.25. The molecule has 0 aromatic carbocycles. The summed E-state index contributed by atoms with van der Waals surface area (Å²) in [6.45, 7) is 8.30. The van der Waals surface area contributed by atoms with Gasteiger partial charge in [0, 0.05) is 26.2 Å². The smallest absolute Gasteiger partial charge is 0.239 e. The summed E-state index contributed by atoms with van der Waals surface area (Å²) in [5.74, 6) is 1.05. The molecule has 5 heteroatoms. The fraction of sp³-hybridized carbons (Fsp3) is 0.833. The molecule has 1 fully saturated rings. The standard InChI is InChI=1S/C18H32N2O3/c1-14(2)10-17(19-11-16-4-3-9-23-13-16)18(22)20-7-5-15(12-21)6-8-20/h4,14-15,17,19,21H,3,5-13H2,1-2H3. The average Bonchev–Trinajstić information content (AvgIpc) is 2.58. The van der Waals surface area contributed by atoms with Crippen molar-refractivity contribution in [1.29, 1.82) is 0 Å². The fourth-order valence-electron chi connectivity index (χ4n) is 3.29. The molecule has 1 amide bonds. The molecule has 1 unspecified atom stereocenters. The molecule has 23 heavy (non-hydrogen) atoms.